The van der Waals surface area contributed by atoms with Crippen molar-refractivity contribution in [1.82, 2.24) is 0 Å². The van der Waals surface area contributed by atoms with Gasteiger partial charge in [-0.1, -0.05) is 31.1 Å². The van der Waals surface area contributed by atoms with Crippen LogP contribution in [0.2, 0.25) is 0 Å². The lowest BCUT2D eigenvalue weighted by molar-refractivity contribution is 0.298. The minimum absolute atomic E-state index is 0.181. The van der Waals surface area contributed by atoms with Crippen molar-refractivity contribution in [3.05, 3.63) is 0 Å². The summed E-state index contributed by atoms with van der Waals surface area (Å²) in [6.07, 6.45) is 1.40. The highest BCUT2D eigenvalue weighted by molar-refractivity contribution is 6.00. The van der Waals surface area contributed by atoms with Crippen molar-refractivity contribution in [3.63, 3.8) is 0 Å². The smallest absolute Gasteiger partial charge is 0.0614 e. The lowest BCUT2D eigenvalue weighted by atomic mass is 9.75. The van der Waals surface area contributed by atoms with Crippen LogP contribution >= 0.6 is 0 Å². The molecule has 80 valence electrons. The highest BCUT2D eigenvalue weighted by atomic mass is 16.4. The van der Waals surface area contributed by atoms with Crippen LogP contribution in [0.5, 0.6) is 0 Å². The van der Waals surface area contributed by atoms with Gasteiger partial charge in [0.15, 0.2) is 0 Å². The van der Waals surface area contributed by atoms with E-state index >= 15 is 0 Å². The maximum Gasteiger partial charge on any atom is 0.0614 e. The van der Waals surface area contributed by atoms with Crippen molar-refractivity contribution in [3.8, 4) is 0 Å². The van der Waals surface area contributed by atoms with Gasteiger partial charge in [-0.25, -0.2) is 0 Å². The molecule has 0 spiro atoms. The van der Waals surface area contributed by atoms with Gasteiger partial charge < -0.3 is 10.4 Å². The molecule has 4 nitrogen and oxygen atoms in total. The van der Waals surface area contributed by atoms with Gasteiger partial charge in [0.1, 0.15) is 0 Å². The van der Waals surface area contributed by atoms with E-state index in [2.05, 4.69) is 24.2 Å². The first-order chi connectivity index (χ1) is 6.60. The molecule has 0 saturated heterocycles. The molecule has 1 rings (SSSR count). The van der Waals surface area contributed by atoms with Crippen LogP contribution in [0.4, 0.5) is 0 Å². The first-order valence-electron chi connectivity index (χ1n) is 5.01. The zero-order valence-corrected chi connectivity index (χ0v) is 8.94. The number of oxime groups is 2. The number of hydrogen-bond donors (Lipinski definition) is 2. The highest BCUT2D eigenvalue weighted by Crippen LogP contribution is 2.29. The third kappa shape index (κ3) is 2.05. The fourth-order valence-corrected chi connectivity index (χ4v) is 2.00. The van der Waals surface area contributed by atoms with Gasteiger partial charge in [0, 0.05) is 11.8 Å². The van der Waals surface area contributed by atoms with Gasteiger partial charge in [-0.3, -0.25) is 0 Å². The van der Waals surface area contributed by atoms with Crippen LogP contribution in [0.15, 0.2) is 10.3 Å². The zero-order chi connectivity index (χ0) is 10.7. The summed E-state index contributed by atoms with van der Waals surface area (Å²) >= 11 is 0. The summed E-state index contributed by atoms with van der Waals surface area (Å²) in [5, 5.41) is 24.3. The fraction of sp³-hybridized carbons (Fsp3) is 0.800. The second-order valence-electron chi connectivity index (χ2n) is 4.34. The quantitative estimate of drug-likeness (QED) is 0.501. The Hall–Kier alpha value is -1.06. The van der Waals surface area contributed by atoms with E-state index in [4.69, 9.17) is 10.4 Å². The topological polar surface area (TPSA) is 65.2 Å². The molecule has 2 atom stereocenters. The Morgan fingerprint density at radius 3 is 2.14 bits per heavy atom. The van der Waals surface area contributed by atoms with Crippen molar-refractivity contribution in [2.45, 2.75) is 33.6 Å². The summed E-state index contributed by atoms with van der Waals surface area (Å²) in [7, 11) is 0. The monoisotopic (exact) mass is 198 g/mol. The lowest BCUT2D eigenvalue weighted by Gasteiger charge is -2.30. The Morgan fingerprint density at radius 2 is 1.71 bits per heavy atom. The third-order valence-corrected chi connectivity index (χ3v) is 3.00. The predicted molar refractivity (Wildman–Crippen MR) is 55.2 cm³/mol. The van der Waals surface area contributed by atoms with Crippen LogP contribution in [-0.4, -0.2) is 21.8 Å². The minimum Gasteiger partial charge on any atom is -0.411 e. The third-order valence-electron chi connectivity index (χ3n) is 3.00. The van der Waals surface area contributed by atoms with Crippen LogP contribution in [0.3, 0.4) is 0 Å². The summed E-state index contributed by atoms with van der Waals surface area (Å²) in [6.45, 7) is 6.15. The average Bonchev–Trinajstić information content (AvgIpc) is 2.16. The fourth-order valence-electron chi connectivity index (χ4n) is 2.00. The molecule has 2 N–H and O–H groups in total. The van der Waals surface area contributed by atoms with Crippen LogP contribution < -0.4 is 0 Å². The van der Waals surface area contributed by atoms with Crippen molar-refractivity contribution < 1.29 is 10.4 Å². The molecule has 1 aliphatic carbocycles. The Labute approximate surface area is 84.3 Å². The van der Waals surface area contributed by atoms with E-state index in [1.165, 1.54) is 0 Å². The van der Waals surface area contributed by atoms with Gasteiger partial charge in [-0.2, -0.15) is 0 Å². The molecule has 0 heterocycles. The number of hydrogen-bond acceptors (Lipinski definition) is 4. The normalized spacial score (nSPS) is 34.3. The van der Waals surface area contributed by atoms with Crippen molar-refractivity contribution in [1.29, 1.82) is 0 Å². The van der Waals surface area contributed by atoms with E-state index in [-0.39, 0.29) is 11.8 Å². The van der Waals surface area contributed by atoms with Crippen molar-refractivity contribution in [2.75, 3.05) is 0 Å². The molecule has 0 aromatic heterocycles. The largest absolute Gasteiger partial charge is 0.411 e. The van der Waals surface area contributed by atoms with E-state index in [0.29, 0.717) is 18.8 Å². The SMILES string of the molecule is CC(C)[C@H]1C/C(=N\O)[C@H](C)C/C1=N/O. The van der Waals surface area contributed by atoms with Gasteiger partial charge in [-0.05, 0) is 18.8 Å². The maximum absolute atomic E-state index is 8.87. The molecule has 0 aromatic rings. The summed E-state index contributed by atoms with van der Waals surface area (Å²) in [6, 6.07) is 0. The summed E-state index contributed by atoms with van der Waals surface area (Å²) in [5.41, 5.74) is 1.65. The van der Waals surface area contributed by atoms with Crippen molar-refractivity contribution >= 4 is 11.4 Å². The molecule has 0 amide bonds. The molecule has 1 fully saturated rings. The molecule has 0 bridgehead atoms. The Bertz CT molecular complexity index is 259. The Morgan fingerprint density at radius 1 is 1.14 bits per heavy atom. The minimum atomic E-state index is 0.181. The zero-order valence-electron chi connectivity index (χ0n) is 8.94. The van der Waals surface area contributed by atoms with Crippen LogP contribution in [-0.2, 0) is 0 Å². The molecule has 1 aliphatic rings. The van der Waals surface area contributed by atoms with Gasteiger partial charge in [-0.15, -0.1) is 0 Å². The van der Waals surface area contributed by atoms with Crippen molar-refractivity contribution in [2.24, 2.45) is 28.1 Å². The standard InChI is InChI=1S/C10H18N2O2/c1-6(2)8-5-9(11-13)7(3)4-10(8)12-14/h6-8,13-14H,4-5H2,1-3H3/b11-9+,12-10-/t7-,8-/m1/s1. The van der Waals surface area contributed by atoms with Gasteiger partial charge in [0.2, 0.25) is 0 Å². The Balaban J connectivity index is 2.85. The molecule has 0 radical (unpaired) electrons. The number of nitrogens with zero attached hydrogens (tertiary/aromatic N) is 2. The molecule has 0 aliphatic heterocycles. The van der Waals surface area contributed by atoms with Gasteiger partial charge in [0.05, 0.1) is 11.4 Å². The predicted octanol–water partition coefficient (Wildman–Crippen LogP) is 2.35. The summed E-state index contributed by atoms with van der Waals surface area (Å²) in [5.74, 6) is 0.799. The van der Waals surface area contributed by atoms with Crippen LogP contribution in [0.25, 0.3) is 0 Å². The molecular weight excluding hydrogens is 180 g/mol. The molecule has 4 heteroatoms. The molecule has 0 aromatic carbocycles. The van der Waals surface area contributed by atoms with Gasteiger partial charge in [0.25, 0.3) is 0 Å². The van der Waals surface area contributed by atoms with E-state index in [1.54, 1.807) is 0 Å². The van der Waals surface area contributed by atoms with E-state index in [1.807, 2.05) is 6.92 Å². The van der Waals surface area contributed by atoms with E-state index < -0.39 is 0 Å². The molecule has 0 unspecified atom stereocenters. The summed E-state index contributed by atoms with van der Waals surface area (Å²) in [4.78, 5) is 0. The first-order valence-corrected chi connectivity index (χ1v) is 5.01. The number of rotatable bonds is 1. The molecule has 1 saturated carbocycles. The van der Waals surface area contributed by atoms with E-state index in [0.717, 1.165) is 11.4 Å². The van der Waals surface area contributed by atoms with Crippen LogP contribution in [0.1, 0.15) is 33.6 Å². The lowest BCUT2D eigenvalue weighted by Crippen LogP contribution is -2.34. The van der Waals surface area contributed by atoms with Crippen LogP contribution in [0, 0.1) is 17.8 Å². The highest BCUT2D eigenvalue weighted by Gasteiger charge is 2.31. The van der Waals surface area contributed by atoms with Gasteiger partial charge >= 0.3 is 0 Å². The second kappa shape index (κ2) is 4.44. The second-order valence-corrected chi connectivity index (χ2v) is 4.34. The molecular formula is C10H18N2O2. The maximum atomic E-state index is 8.87. The average molecular weight is 198 g/mol. The van der Waals surface area contributed by atoms with E-state index in [9.17, 15) is 0 Å². The Kier molecular flexibility index (Phi) is 3.49. The first kappa shape index (κ1) is 11.0. The molecule has 14 heavy (non-hydrogen) atoms. The summed E-state index contributed by atoms with van der Waals surface area (Å²) < 4.78 is 0.